The standard InChI is InChI=1S/C12H10BBrO2/c14-12-4-2-1-3-11(12)9-5-7-10(8-6-9)13(15)16/h1-8,15-16H. The molecule has 80 valence electrons. The van der Waals surface area contributed by atoms with Crippen molar-refractivity contribution >= 4 is 28.5 Å². The molecule has 0 saturated carbocycles. The van der Waals surface area contributed by atoms with Gasteiger partial charge in [0.05, 0.1) is 0 Å². The molecule has 16 heavy (non-hydrogen) atoms. The summed E-state index contributed by atoms with van der Waals surface area (Å²) >= 11 is 3.48. The smallest absolute Gasteiger partial charge is 0.423 e. The maximum Gasteiger partial charge on any atom is 0.488 e. The van der Waals surface area contributed by atoms with E-state index in [0.29, 0.717) is 5.46 Å². The largest absolute Gasteiger partial charge is 0.488 e. The summed E-state index contributed by atoms with van der Waals surface area (Å²) in [6.07, 6.45) is 0. The van der Waals surface area contributed by atoms with Crippen LogP contribution in [0.4, 0.5) is 0 Å². The van der Waals surface area contributed by atoms with Crippen molar-refractivity contribution < 1.29 is 10.0 Å². The number of halogens is 1. The normalized spacial score (nSPS) is 10.2. The van der Waals surface area contributed by atoms with E-state index in [0.717, 1.165) is 15.6 Å². The van der Waals surface area contributed by atoms with E-state index in [1.807, 2.05) is 36.4 Å². The lowest BCUT2D eigenvalue weighted by Gasteiger charge is -2.05. The fourth-order valence-electron chi connectivity index (χ4n) is 1.53. The van der Waals surface area contributed by atoms with Crippen molar-refractivity contribution in [1.29, 1.82) is 0 Å². The predicted molar refractivity (Wildman–Crippen MR) is 69.4 cm³/mol. The molecule has 0 aliphatic carbocycles. The summed E-state index contributed by atoms with van der Waals surface area (Å²) in [5.41, 5.74) is 2.62. The number of hydrogen-bond acceptors (Lipinski definition) is 2. The Bertz CT molecular complexity index is 483. The highest BCUT2D eigenvalue weighted by atomic mass is 79.9. The van der Waals surface area contributed by atoms with E-state index >= 15 is 0 Å². The van der Waals surface area contributed by atoms with Crippen molar-refractivity contribution in [3.63, 3.8) is 0 Å². The summed E-state index contributed by atoms with van der Waals surface area (Å²) in [6, 6.07) is 15.1. The summed E-state index contributed by atoms with van der Waals surface area (Å²) in [5, 5.41) is 18.0. The van der Waals surface area contributed by atoms with Gasteiger partial charge in [0, 0.05) is 4.47 Å². The van der Waals surface area contributed by atoms with Crippen molar-refractivity contribution in [2.45, 2.75) is 0 Å². The van der Waals surface area contributed by atoms with Crippen molar-refractivity contribution in [3.8, 4) is 11.1 Å². The van der Waals surface area contributed by atoms with Gasteiger partial charge in [-0.05, 0) is 22.7 Å². The predicted octanol–water partition coefficient (Wildman–Crippen LogP) is 1.80. The quantitative estimate of drug-likeness (QED) is 0.822. The lowest BCUT2D eigenvalue weighted by molar-refractivity contribution is 0.426. The van der Waals surface area contributed by atoms with Gasteiger partial charge in [-0.3, -0.25) is 0 Å². The molecule has 0 spiro atoms. The van der Waals surface area contributed by atoms with E-state index in [1.165, 1.54) is 0 Å². The Kier molecular flexibility index (Phi) is 3.44. The second-order valence-electron chi connectivity index (χ2n) is 3.48. The molecule has 2 N–H and O–H groups in total. The van der Waals surface area contributed by atoms with Crippen LogP contribution in [-0.2, 0) is 0 Å². The summed E-state index contributed by atoms with van der Waals surface area (Å²) < 4.78 is 1.02. The maximum atomic E-state index is 8.99. The van der Waals surface area contributed by atoms with Crippen molar-refractivity contribution in [1.82, 2.24) is 0 Å². The van der Waals surface area contributed by atoms with Crippen LogP contribution < -0.4 is 5.46 Å². The van der Waals surface area contributed by atoms with Gasteiger partial charge in [0.15, 0.2) is 0 Å². The SMILES string of the molecule is OB(O)c1ccc(-c2ccccc2Br)cc1. The van der Waals surface area contributed by atoms with Crippen LogP contribution >= 0.6 is 15.9 Å². The fourth-order valence-corrected chi connectivity index (χ4v) is 2.04. The minimum Gasteiger partial charge on any atom is -0.423 e. The van der Waals surface area contributed by atoms with Crippen molar-refractivity contribution in [2.75, 3.05) is 0 Å². The lowest BCUT2D eigenvalue weighted by atomic mass is 9.80. The molecule has 0 aliphatic heterocycles. The third-order valence-electron chi connectivity index (χ3n) is 2.39. The molecular weight excluding hydrogens is 267 g/mol. The molecular formula is C12H10BBrO2. The first-order valence-electron chi connectivity index (χ1n) is 4.89. The summed E-state index contributed by atoms with van der Waals surface area (Å²) in [5.74, 6) is 0. The van der Waals surface area contributed by atoms with Crippen LogP contribution in [0.1, 0.15) is 0 Å². The van der Waals surface area contributed by atoms with Gasteiger partial charge in [0.1, 0.15) is 0 Å². The minimum absolute atomic E-state index is 0.496. The van der Waals surface area contributed by atoms with Gasteiger partial charge in [-0.2, -0.15) is 0 Å². The van der Waals surface area contributed by atoms with Crippen LogP contribution in [0.25, 0.3) is 11.1 Å². The molecule has 0 fully saturated rings. The molecule has 0 saturated heterocycles. The molecule has 0 amide bonds. The van der Waals surface area contributed by atoms with E-state index < -0.39 is 7.12 Å². The number of rotatable bonds is 2. The highest BCUT2D eigenvalue weighted by molar-refractivity contribution is 9.10. The molecule has 0 unspecified atom stereocenters. The first-order chi connectivity index (χ1) is 7.68. The van der Waals surface area contributed by atoms with Gasteiger partial charge >= 0.3 is 7.12 Å². The second kappa shape index (κ2) is 4.83. The van der Waals surface area contributed by atoms with Gasteiger partial charge in [0.25, 0.3) is 0 Å². The molecule has 2 aromatic rings. The molecule has 4 heteroatoms. The van der Waals surface area contributed by atoms with Gasteiger partial charge in [0.2, 0.25) is 0 Å². The Labute approximate surface area is 103 Å². The molecule has 0 heterocycles. The fraction of sp³-hybridized carbons (Fsp3) is 0. The molecule has 0 radical (unpaired) electrons. The zero-order valence-electron chi connectivity index (χ0n) is 8.47. The van der Waals surface area contributed by atoms with Crippen LogP contribution in [0, 0.1) is 0 Å². The van der Waals surface area contributed by atoms with E-state index in [-0.39, 0.29) is 0 Å². The Hall–Kier alpha value is -1.10. The van der Waals surface area contributed by atoms with Crippen LogP contribution in [0.3, 0.4) is 0 Å². The monoisotopic (exact) mass is 276 g/mol. The number of hydrogen-bond donors (Lipinski definition) is 2. The topological polar surface area (TPSA) is 40.5 Å². The summed E-state index contributed by atoms with van der Waals surface area (Å²) in [4.78, 5) is 0. The Morgan fingerprint density at radius 3 is 2.06 bits per heavy atom. The maximum absolute atomic E-state index is 8.99. The molecule has 2 rings (SSSR count). The molecule has 0 aliphatic rings. The van der Waals surface area contributed by atoms with E-state index in [1.54, 1.807) is 12.1 Å². The minimum atomic E-state index is -1.41. The Balaban J connectivity index is 2.39. The number of benzene rings is 2. The first kappa shape index (κ1) is 11.4. The zero-order chi connectivity index (χ0) is 11.5. The molecule has 2 nitrogen and oxygen atoms in total. The van der Waals surface area contributed by atoms with Gasteiger partial charge < -0.3 is 10.0 Å². The van der Waals surface area contributed by atoms with Crippen LogP contribution in [-0.4, -0.2) is 17.2 Å². The molecule has 2 aromatic carbocycles. The van der Waals surface area contributed by atoms with Crippen LogP contribution in [0.5, 0.6) is 0 Å². The molecule has 0 atom stereocenters. The Morgan fingerprint density at radius 1 is 0.875 bits per heavy atom. The second-order valence-corrected chi connectivity index (χ2v) is 4.33. The van der Waals surface area contributed by atoms with Crippen LogP contribution in [0.15, 0.2) is 53.0 Å². The van der Waals surface area contributed by atoms with Crippen molar-refractivity contribution in [2.24, 2.45) is 0 Å². The van der Waals surface area contributed by atoms with Gasteiger partial charge in [-0.15, -0.1) is 0 Å². The lowest BCUT2D eigenvalue weighted by Crippen LogP contribution is -2.29. The Morgan fingerprint density at radius 2 is 1.50 bits per heavy atom. The van der Waals surface area contributed by atoms with E-state index in [2.05, 4.69) is 15.9 Å². The summed E-state index contributed by atoms with van der Waals surface area (Å²) in [6.45, 7) is 0. The highest BCUT2D eigenvalue weighted by Crippen LogP contribution is 2.26. The van der Waals surface area contributed by atoms with Gasteiger partial charge in [-0.1, -0.05) is 58.4 Å². The third kappa shape index (κ3) is 2.35. The average Bonchev–Trinajstić information content (AvgIpc) is 2.30. The molecule has 0 bridgehead atoms. The first-order valence-corrected chi connectivity index (χ1v) is 5.69. The van der Waals surface area contributed by atoms with Crippen LogP contribution in [0.2, 0.25) is 0 Å². The third-order valence-corrected chi connectivity index (χ3v) is 3.09. The van der Waals surface area contributed by atoms with E-state index in [4.69, 9.17) is 10.0 Å². The zero-order valence-corrected chi connectivity index (χ0v) is 10.1. The molecule has 0 aromatic heterocycles. The summed E-state index contributed by atoms with van der Waals surface area (Å²) in [7, 11) is -1.41. The van der Waals surface area contributed by atoms with E-state index in [9.17, 15) is 0 Å². The van der Waals surface area contributed by atoms with Crippen molar-refractivity contribution in [3.05, 3.63) is 53.0 Å². The average molecular weight is 277 g/mol. The van der Waals surface area contributed by atoms with Gasteiger partial charge in [-0.25, -0.2) is 0 Å². The highest BCUT2D eigenvalue weighted by Gasteiger charge is 2.10.